The number of aliphatic hydroxyl groups is 1. The van der Waals surface area contributed by atoms with Gasteiger partial charge in [0.25, 0.3) is 5.97 Å². The van der Waals surface area contributed by atoms with Crippen molar-refractivity contribution in [3.63, 3.8) is 0 Å². The van der Waals surface area contributed by atoms with Crippen molar-refractivity contribution >= 4 is 11.8 Å². The van der Waals surface area contributed by atoms with Gasteiger partial charge in [0, 0.05) is 19.8 Å². The molecule has 0 aliphatic heterocycles. The van der Waals surface area contributed by atoms with Crippen LogP contribution in [0.3, 0.4) is 0 Å². The Hall–Kier alpha value is -0.900. The molecule has 4 saturated carbocycles. The molecule has 0 unspecified atom stereocenters. The molecule has 4 heteroatoms. The zero-order valence-corrected chi connectivity index (χ0v) is 16.0. The molecular formula is C21H34O4. The Morgan fingerprint density at radius 1 is 1.08 bits per heavy atom. The average molecular weight is 350 g/mol. The summed E-state index contributed by atoms with van der Waals surface area (Å²) < 4.78 is 0. The van der Waals surface area contributed by atoms with E-state index in [0.29, 0.717) is 22.5 Å². The zero-order valence-electron chi connectivity index (χ0n) is 16.0. The number of carboxylic acids is 1. The van der Waals surface area contributed by atoms with Crippen LogP contribution in [0, 0.1) is 34.5 Å². The third-order valence-corrected chi connectivity index (χ3v) is 8.20. The minimum Gasteiger partial charge on any atom is -0.481 e. The molecule has 7 atom stereocenters. The second-order valence-corrected chi connectivity index (χ2v) is 9.72. The first-order chi connectivity index (χ1) is 11.7. The first-order valence-corrected chi connectivity index (χ1v) is 10.0. The van der Waals surface area contributed by atoms with Crippen LogP contribution in [-0.2, 0) is 9.59 Å². The Labute approximate surface area is 151 Å². The number of carbonyl (C=O) groups is 2. The summed E-state index contributed by atoms with van der Waals surface area (Å²) in [7, 11) is 0. The summed E-state index contributed by atoms with van der Waals surface area (Å²) in [5, 5.41) is 17.5. The Bertz CT molecular complexity index is 540. The number of aliphatic carboxylic acids is 1. The zero-order chi connectivity index (χ0) is 18.4. The van der Waals surface area contributed by atoms with E-state index in [1.165, 1.54) is 32.1 Å². The van der Waals surface area contributed by atoms with Crippen LogP contribution in [0.4, 0.5) is 0 Å². The highest BCUT2D eigenvalue weighted by Crippen LogP contribution is 2.65. The van der Waals surface area contributed by atoms with Crippen molar-refractivity contribution in [2.45, 2.75) is 84.7 Å². The first-order valence-electron chi connectivity index (χ1n) is 10.0. The number of fused-ring (bicyclic) bond motifs is 5. The second kappa shape index (κ2) is 6.68. The van der Waals surface area contributed by atoms with E-state index in [1.807, 2.05) is 0 Å². The second-order valence-electron chi connectivity index (χ2n) is 9.72. The van der Waals surface area contributed by atoms with E-state index in [4.69, 9.17) is 9.90 Å². The summed E-state index contributed by atoms with van der Waals surface area (Å²) in [6, 6.07) is 0. The lowest BCUT2D eigenvalue weighted by Gasteiger charge is -2.60. The van der Waals surface area contributed by atoms with E-state index >= 15 is 0 Å². The van der Waals surface area contributed by atoms with Crippen LogP contribution >= 0.6 is 0 Å². The van der Waals surface area contributed by atoms with Crippen molar-refractivity contribution in [3.8, 4) is 0 Å². The van der Waals surface area contributed by atoms with Gasteiger partial charge in [0.15, 0.2) is 0 Å². The van der Waals surface area contributed by atoms with Gasteiger partial charge in [-0.05, 0) is 79.4 Å². The van der Waals surface area contributed by atoms with Gasteiger partial charge >= 0.3 is 0 Å². The van der Waals surface area contributed by atoms with Crippen molar-refractivity contribution in [2.75, 3.05) is 0 Å². The van der Waals surface area contributed by atoms with Crippen LogP contribution in [0.25, 0.3) is 0 Å². The minimum absolute atomic E-state index is 0.0541. The van der Waals surface area contributed by atoms with E-state index in [1.54, 1.807) is 0 Å². The van der Waals surface area contributed by atoms with Crippen LogP contribution < -0.4 is 0 Å². The number of rotatable bonds is 0. The van der Waals surface area contributed by atoms with Gasteiger partial charge in [0.05, 0.1) is 6.10 Å². The summed E-state index contributed by atoms with van der Waals surface area (Å²) in [4.78, 5) is 21.1. The quantitative estimate of drug-likeness (QED) is 0.691. The third-order valence-electron chi connectivity index (χ3n) is 8.20. The summed E-state index contributed by atoms with van der Waals surface area (Å²) in [5.74, 6) is 2.67. The third kappa shape index (κ3) is 3.39. The highest BCUT2D eigenvalue weighted by Gasteiger charge is 2.59. The maximum atomic E-state index is 12.1. The number of ketones is 1. The molecule has 0 saturated heterocycles. The molecule has 142 valence electrons. The van der Waals surface area contributed by atoms with Crippen molar-refractivity contribution in [1.82, 2.24) is 0 Å². The summed E-state index contributed by atoms with van der Waals surface area (Å²) in [6.07, 6.45) is 10.1. The molecule has 4 aliphatic rings. The molecule has 0 radical (unpaired) electrons. The van der Waals surface area contributed by atoms with Crippen molar-refractivity contribution in [3.05, 3.63) is 0 Å². The highest BCUT2D eigenvalue weighted by molar-refractivity contribution is 5.82. The van der Waals surface area contributed by atoms with E-state index < -0.39 is 5.97 Å². The molecule has 0 amide bonds. The number of aliphatic hydroxyl groups excluding tert-OH is 1. The van der Waals surface area contributed by atoms with E-state index in [0.717, 1.165) is 50.4 Å². The number of carbonyl (C=O) groups excluding carboxylic acids is 1. The van der Waals surface area contributed by atoms with Crippen LogP contribution in [0.2, 0.25) is 0 Å². The maximum Gasteiger partial charge on any atom is 0.300 e. The van der Waals surface area contributed by atoms with Crippen LogP contribution in [0.5, 0.6) is 0 Å². The summed E-state index contributed by atoms with van der Waals surface area (Å²) in [6.45, 7) is 5.98. The monoisotopic (exact) mass is 350 g/mol. The molecule has 0 bridgehead atoms. The molecule has 0 aromatic heterocycles. The fourth-order valence-corrected chi connectivity index (χ4v) is 7.01. The standard InChI is InChI=1S/C19H30O2.C2H4O2/c1-18-7-6-16-15(17(18)10-14(21)11-18)4-3-12-9-13(20)5-8-19(12,16)2;1-2(3)4/h12-13,15-17,20H,3-11H2,1-2H3;1H3,(H,3,4)/t12-,13+,15+,16-,17-,18+,19-;/m1./s1. The van der Waals surface area contributed by atoms with E-state index in [-0.39, 0.29) is 6.10 Å². The van der Waals surface area contributed by atoms with Crippen molar-refractivity contribution in [1.29, 1.82) is 0 Å². The number of hydrogen-bond donors (Lipinski definition) is 2. The summed E-state index contributed by atoms with van der Waals surface area (Å²) in [5.41, 5.74) is 0.755. The lowest BCUT2D eigenvalue weighted by molar-refractivity contribution is -0.134. The fourth-order valence-electron chi connectivity index (χ4n) is 7.01. The Kier molecular flexibility index (Phi) is 5.04. The molecule has 4 nitrogen and oxygen atoms in total. The lowest BCUT2D eigenvalue weighted by Crippen LogP contribution is -2.53. The molecule has 0 aromatic carbocycles. The highest BCUT2D eigenvalue weighted by atomic mass is 16.4. The Morgan fingerprint density at radius 2 is 1.76 bits per heavy atom. The minimum atomic E-state index is -0.833. The van der Waals surface area contributed by atoms with Gasteiger partial charge in [-0.15, -0.1) is 0 Å². The maximum absolute atomic E-state index is 12.1. The first kappa shape index (κ1) is 18.9. The van der Waals surface area contributed by atoms with Crippen LogP contribution in [-0.4, -0.2) is 28.1 Å². The smallest absolute Gasteiger partial charge is 0.300 e. The largest absolute Gasteiger partial charge is 0.481 e. The fraction of sp³-hybridized carbons (Fsp3) is 0.905. The lowest BCUT2D eigenvalue weighted by atomic mass is 9.45. The number of carboxylic acid groups (broad SMARTS) is 1. The predicted octanol–water partition coefficient (Wildman–Crippen LogP) is 4.05. The van der Waals surface area contributed by atoms with Gasteiger partial charge in [-0.2, -0.15) is 0 Å². The molecule has 2 N–H and O–H groups in total. The van der Waals surface area contributed by atoms with Crippen molar-refractivity contribution < 1.29 is 19.8 Å². The summed E-state index contributed by atoms with van der Waals surface area (Å²) >= 11 is 0. The topological polar surface area (TPSA) is 74.6 Å². The molecule has 4 rings (SSSR count). The van der Waals surface area contributed by atoms with Crippen LogP contribution in [0.1, 0.15) is 78.6 Å². The van der Waals surface area contributed by atoms with E-state index in [2.05, 4.69) is 13.8 Å². The van der Waals surface area contributed by atoms with Gasteiger partial charge in [-0.25, -0.2) is 0 Å². The predicted molar refractivity (Wildman–Crippen MR) is 96.1 cm³/mol. The van der Waals surface area contributed by atoms with Gasteiger partial charge in [-0.3, -0.25) is 9.59 Å². The molecule has 25 heavy (non-hydrogen) atoms. The van der Waals surface area contributed by atoms with E-state index in [9.17, 15) is 9.90 Å². The Balaban J connectivity index is 0.000000415. The van der Waals surface area contributed by atoms with Gasteiger partial charge in [-0.1, -0.05) is 13.8 Å². The normalized spacial score (nSPS) is 48.5. The SMILES string of the molecule is CC(=O)O.C[C@@]12CC[C@@H]3[C@H](CC[C@@H]4C[C@@H](O)CC[C@]43C)[C@H]1CC(=O)C2. The number of Topliss-reactive ketones (excluding diaryl/α,β-unsaturated/α-hetero) is 1. The Morgan fingerprint density at radius 3 is 2.44 bits per heavy atom. The molecule has 0 aromatic rings. The molecule has 0 spiro atoms. The van der Waals surface area contributed by atoms with Gasteiger partial charge in [0.2, 0.25) is 0 Å². The molecule has 0 heterocycles. The van der Waals surface area contributed by atoms with Gasteiger partial charge < -0.3 is 10.2 Å². The molecule has 4 aliphatic carbocycles. The van der Waals surface area contributed by atoms with Crippen molar-refractivity contribution in [2.24, 2.45) is 34.5 Å². The molecule has 4 fully saturated rings. The van der Waals surface area contributed by atoms with Gasteiger partial charge in [0.1, 0.15) is 5.78 Å². The molecular weight excluding hydrogens is 316 g/mol. The number of hydrogen-bond acceptors (Lipinski definition) is 3. The average Bonchev–Trinajstić information content (AvgIpc) is 2.81. The van der Waals surface area contributed by atoms with Crippen LogP contribution in [0.15, 0.2) is 0 Å².